The monoisotopic (exact) mass is 116 g/mol. The van der Waals surface area contributed by atoms with E-state index in [9.17, 15) is 0 Å². The summed E-state index contributed by atoms with van der Waals surface area (Å²) in [5, 5.41) is 0. The second-order valence-electron chi connectivity index (χ2n) is 1.73. The van der Waals surface area contributed by atoms with Crippen LogP contribution in [-0.2, 0) is 18.6 Å². The van der Waals surface area contributed by atoms with E-state index in [0.717, 1.165) is 11.8 Å². The van der Waals surface area contributed by atoms with Gasteiger partial charge in [-0.25, -0.2) is 0 Å². The predicted octanol–water partition coefficient (Wildman–Crippen LogP) is 0.856. The zero-order valence-electron chi connectivity index (χ0n) is 3.33. The van der Waals surface area contributed by atoms with Crippen LogP contribution in [0.15, 0.2) is 0 Å². The van der Waals surface area contributed by atoms with Gasteiger partial charge in [0.2, 0.25) is 0 Å². The van der Waals surface area contributed by atoms with Gasteiger partial charge in [-0.2, -0.15) is 0 Å². The fourth-order valence-corrected chi connectivity index (χ4v) is 0.718. The van der Waals surface area contributed by atoms with Crippen LogP contribution in [0.1, 0.15) is 0 Å². The van der Waals surface area contributed by atoms with Gasteiger partial charge in [0.15, 0.2) is 0 Å². The molecule has 0 spiro atoms. The van der Waals surface area contributed by atoms with Crippen LogP contribution in [0, 0.1) is 31.1 Å². The van der Waals surface area contributed by atoms with Gasteiger partial charge in [0.05, 0.1) is 0 Å². The largest absolute Gasteiger partial charge is 0.451 e. The maximum absolute atomic E-state index is 2.33. The van der Waals surface area contributed by atoms with Crippen LogP contribution >= 0.6 is 0 Å². The normalized spacial score (nSPS) is 48.0. The molecule has 0 N–H and O–H groups in total. The summed E-state index contributed by atoms with van der Waals surface area (Å²) in [6.45, 7) is 0. The van der Waals surface area contributed by atoms with E-state index < -0.39 is 0 Å². The molecular formula is C5H5V-3. The van der Waals surface area contributed by atoms with Crippen molar-refractivity contribution in [1.29, 1.82) is 0 Å². The molecule has 0 nitrogen and oxygen atoms in total. The Kier molecular flexibility index (Phi) is 1.01. The molecule has 0 heterocycles. The van der Waals surface area contributed by atoms with Gasteiger partial charge in [0, 0.05) is 18.6 Å². The molecule has 0 atom stereocenters. The summed E-state index contributed by atoms with van der Waals surface area (Å²) >= 11 is 0. The third kappa shape index (κ3) is 0.372. The summed E-state index contributed by atoms with van der Waals surface area (Å²) in [7, 11) is 0. The Bertz CT molecular complexity index is 40.7. The van der Waals surface area contributed by atoms with Crippen LogP contribution in [0.25, 0.3) is 0 Å². The number of hydrogen-bond acceptors (Lipinski definition) is 0. The Morgan fingerprint density at radius 3 is 1.00 bits per heavy atom. The molecule has 3 rings (SSSR count). The van der Waals surface area contributed by atoms with Gasteiger partial charge < -0.3 is 31.1 Å². The number of rotatable bonds is 0. The van der Waals surface area contributed by atoms with Crippen LogP contribution < -0.4 is 0 Å². The van der Waals surface area contributed by atoms with Crippen LogP contribution in [0.4, 0.5) is 0 Å². The average molecular weight is 116 g/mol. The quantitative estimate of drug-likeness (QED) is 0.411. The molecule has 3 fully saturated rings. The summed E-state index contributed by atoms with van der Waals surface area (Å²) in [5.41, 5.74) is 0. The van der Waals surface area contributed by atoms with Gasteiger partial charge in [0.25, 0.3) is 0 Å². The molecule has 3 saturated carbocycles. The van der Waals surface area contributed by atoms with E-state index in [0.29, 0.717) is 0 Å². The summed E-state index contributed by atoms with van der Waals surface area (Å²) in [6, 6.07) is 0. The van der Waals surface area contributed by atoms with Gasteiger partial charge in [-0.05, 0) is 0 Å². The molecule has 0 aromatic carbocycles. The van der Waals surface area contributed by atoms with E-state index in [1.165, 1.54) is 0 Å². The van der Waals surface area contributed by atoms with E-state index in [1.54, 1.807) is 0 Å². The Hall–Kier alpha value is 0.584. The van der Waals surface area contributed by atoms with E-state index in [1.807, 2.05) is 0 Å². The van der Waals surface area contributed by atoms with E-state index in [4.69, 9.17) is 0 Å². The maximum atomic E-state index is 2.33. The summed E-state index contributed by atoms with van der Waals surface area (Å²) < 4.78 is 0. The van der Waals surface area contributed by atoms with Crippen molar-refractivity contribution in [3.05, 3.63) is 19.3 Å². The van der Waals surface area contributed by atoms with Crippen molar-refractivity contribution in [2.24, 2.45) is 11.8 Å². The molecule has 2 bridgehead atoms. The standard InChI is InChI=1S/C5H5.V/c1-4-2-5(1)3-4;/h1-5H;/q-3;. The molecule has 0 aliphatic heterocycles. The molecule has 0 saturated heterocycles. The molecule has 0 amide bonds. The Balaban J connectivity index is 0.000000180. The van der Waals surface area contributed by atoms with Gasteiger partial charge in [-0.3, -0.25) is 0 Å². The van der Waals surface area contributed by atoms with Crippen LogP contribution in [0.3, 0.4) is 0 Å². The maximum Gasteiger partial charge on any atom is 0 e. The van der Waals surface area contributed by atoms with E-state index in [2.05, 4.69) is 19.3 Å². The zero-order chi connectivity index (χ0) is 3.28. The second kappa shape index (κ2) is 1.28. The Morgan fingerprint density at radius 1 is 0.833 bits per heavy atom. The van der Waals surface area contributed by atoms with Crippen molar-refractivity contribution in [3.8, 4) is 0 Å². The smallest absolute Gasteiger partial charge is 0 e. The predicted molar refractivity (Wildman–Crippen MR) is 19.9 cm³/mol. The topological polar surface area (TPSA) is 0 Å². The first-order valence-electron chi connectivity index (χ1n) is 2.00. The fraction of sp³-hybridized carbons (Fsp3) is 0.400. The summed E-state index contributed by atoms with van der Waals surface area (Å²) in [6.07, 6.45) is 7.00. The van der Waals surface area contributed by atoms with Gasteiger partial charge >= 0.3 is 0 Å². The molecule has 3 aliphatic carbocycles. The third-order valence-corrected chi connectivity index (χ3v) is 1.33. The van der Waals surface area contributed by atoms with Crippen molar-refractivity contribution in [1.82, 2.24) is 0 Å². The minimum absolute atomic E-state index is 0. The molecule has 6 heavy (non-hydrogen) atoms. The van der Waals surface area contributed by atoms with Gasteiger partial charge in [-0.15, -0.1) is 0 Å². The SMILES string of the molecule is [CH-]1C2[CH-]C1[CH-]2.[V]. The minimum atomic E-state index is 0. The summed E-state index contributed by atoms with van der Waals surface area (Å²) in [4.78, 5) is 0. The van der Waals surface area contributed by atoms with Gasteiger partial charge in [0.1, 0.15) is 0 Å². The molecule has 33 valence electrons. The summed E-state index contributed by atoms with van der Waals surface area (Å²) in [5.74, 6) is 1.67. The van der Waals surface area contributed by atoms with Crippen LogP contribution in [0.5, 0.6) is 0 Å². The zero-order valence-corrected chi connectivity index (χ0v) is 4.73. The van der Waals surface area contributed by atoms with E-state index >= 15 is 0 Å². The van der Waals surface area contributed by atoms with Crippen LogP contribution in [0.2, 0.25) is 0 Å². The molecule has 3 aliphatic rings. The number of hydrogen-bond donors (Lipinski definition) is 0. The second-order valence-corrected chi connectivity index (χ2v) is 1.73. The first-order chi connectivity index (χ1) is 2.45. The van der Waals surface area contributed by atoms with Crippen molar-refractivity contribution in [2.75, 3.05) is 0 Å². The average Bonchev–Trinajstić information content (AvgIpc) is 0.592. The third-order valence-electron chi connectivity index (χ3n) is 1.33. The Morgan fingerprint density at radius 2 is 1.00 bits per heavy atom. The van der Waals surface area contributed by atoms with Crippen molar-refractivity contribution >= 4 is 0 Å². The molecule has 0 aromatic rings. The minimum Gasteiger partial charge on any atom is -0.451 e. The Labute approximate surface area is 50.2 Å². The molecule has 1 radical (unpaired) electrons. The van der Waals surface area contributed by atoms with Crippen LogP contribution in [-0.4, -0.2) is 0 Å². The van der Waals surface area contributed by atoms with Crippen molar-refractivity contribution in [2.45, 2.75) is 0 Å². The molecule has 0 aromatic heterocycles. The first kappa shape index (κ1) is 4.74. The van der Waals surface area contributed by atoms with Crippen molar-refractivity contribution in [3.63, 3.8) is 0 Å². The van der Waals surface area contributed by atoms with E-state index in [-0.39, 0.29) is 18.6 Å². The molecule has 1 heteroatoms. The fourth-order valence-electron chi connectivity index (χ4n) is 0.718. The molecular weight excluding hydrogens is 111 g/mol. The first-order valence-corrected chi connectivity index (χ1v) is 2.00. The molecule has 0 unspecified atom stereocenters. The van der Waals surface area contributed by atoms with Gasteiger partial charge in [-0.1, -0.05) is 0 Å². The van der Waals surface area contributed by atoms with Crippen molar-refractivity contribution < 1.29 is 18.6 Å².